The van der Waals surface area contributed by atoms with Crippen LogP contribution in [0.1, 0.15) is 122 Å². The van der Waals surface area contributed by atoms with Crippen molar-refractivity contribution < 1.29 is 22.3 Å². The van der Waals surface area contributed by atoms with Crippen molar-refractivity contribution in [3.8, 4) is 11.5 Å². The molecule has 202 valence electrons. The fraction of sp³-hybridized carbons (Fsp3) is 0.786. The molecule has 0 unspecified atom stereocenters. The van der Waals surface area contributed by atoms with Crippen LogP contribution in [0.4, 0.5) is 0 Å². The summed E-state index contributed by atoms with van der Waals surface area (Å²) in [6.45, 7) is 35.0. The van der Waals surface area contributed by atoms with Crippen LogP contribution in [-0.2, 0) is 24.3 Å². The summed E-state index contributed by atoms with van der Waals surface area (Å²) in [6.07, 6.45) is 0. The zero-order valence-electron chi connectivity index (χ0n) is 25.7. The van der Waals surface area contributed by atoms with Crippen molar-refractivity contribution in [2.24, 2.45) is 0 Å². The Morgan fingerprint density at radius 3 is 1.50 bits per heavy atom. The van der Waals surface area contributed by atoms with Gasteiger partial charge in [-0.1, -0.05) is 83.1 Å². The monoisotopic (exact) mass is 532 g/mol. The van der Waals surface area contributed by atoms with E-state index in [1.54, 1.807) is 0 Å². The topological polar surface area (TPSA) is 46.2 Å². The van der Waals surface area contributed by atoms with Crippen LogP contribution in [0.15, 0.2) is 6.07 Å². The Labute approximate surface area is 224 Å². The standard InChI is InChI=1S/C28H49BO5Si2/c1-23(2,3)18-17-19-22(31-36(26(10,11)12)34-35(30-19)25(7,8)9)20(24(4,5)6)21(18)29-32-27(13,14)28(15,16)33-29/h17H,1-16H3. The first-order valence-electron chi connectivity index (χ1n) is 13.2. The predicted octanol–water partition coefficient (Wildman–Crippen LogP) is 6.95. The van der Waals surface area contributed by atoms with Gasteiger partial charge in [0, 0.05) is 15.6 Å². The second-order valence-corrected chi connectivity index (χ2v) is 20.9. The number of hydrogen-bond donors (Lipinski definition) is 0. The van der Waals surface area contributed by atoms with Gasteiger partial charge in [0.25, 0.3) is 0 Å². The molecule has 0 aromatic heterocycles. The van der Waals surface area contributed by atoms with E-state index in [1.807, 2.05) is 0 Å². The van der Waals surface area contributed by atoms with E-state index in [0.29, 0.717) is 0 Å². The SMILES string of the molecule is CC(C)(C)c1cc2c(c(C(C)(C)C)c1B1OC(C)(C)C(C)(C)O1)O[Si](C(C)(C)C)O[Si](C(C)(C)C)O2. The molecule has 0 bridgehead atoms. The first kappa shape index (κ1) is 29.8. The second-order valence-electron chi connectivity index (χ2n) is 15.5. The quantitative estimate of drug-likeness (QED) is 0.367. The van der Waals surface area contributed by atoms with Crippen molar-refractivity contribution >= 4 is 31.1 Å². The van der Waals surface area contributed by atoms with Gasteiger partial charge in [-0.05, 0) is 55.6 Å². The molecule has 0 atom stereocenters. The molecule has 2 aliphatic rings. The van der Waals surface area contributed by atoms with Gasteiger partial charge in [0.15, 0.2) is 0 Å². The van der Waals surface area contributed by atoms with Gasteiger partial charge in [-0.2, -0.15) is 0 Å². The predicted molar refractivity (Wildman–Crippen MR) is 153 cm³/mol. The van der Waals surface area contributed by atoms with Crippen LogP contribution >= 0.6 is 0 Å². The molecule has 0 N–H and O–H groups in total. The van der Waals surface area contributed by atoms with Crippen molar-refractivity contribution in [3.63, 3.8) is 0 Å². The lowest BCUT2D eigenvalue weighted by Gasteiger charge is -2.34. The average molecular weight is 533 g/mol. The van der Waals surface area contributed by atoms with Crippen LogP contribution in [0.5, 0.6) is 11.5 Å². The molecule has 1 aromatic rings. The van der Waals surface area contributed by atoms with Crippen LogP contribution < -0.4 is 14.3 Å². The Kier molecular flexibility index (Phi) is 7.33. The summed E-state index contributed by atoms with van der Waals surface area (Å²) in [4.78, 5) is 0. The molecule has 1 aromatic carbocycles. The summed E-state index contributed by atoms with van der Waals surface area (Å²) in [6, 6.07) is 2.18. The van der Waals surface area contributed by atoms with Gasteiger partial charge in [-0.25, -0.2) is 0 Å². The largest absolute Gasteiger partial charge is 0.516 e. The molecule has 2 radical (unpaired) electrons. The van der Waals surface area contributed by atoms with Crippen molar-refractivity contribution in [1.82, 2.24) is 0 Å². The van der Waals surface area contributed by atoms with Crippen LogP contribution in [0.2, 0.25) is 10.1 Å². The van der Waals surface area contributed by atoms with E-state index in [0.717, 1.165) is 28.1 Å². The van der Waals surface area contributed by atoms with Crippen molar-refractivity contribution in [2.75, 3.05) is 0 Å². The van der Waals surface area contributed by atoms with Gasteiger partial charge in [-0.3, -0.25) is 0 Å². The number of rotatable bonds is 1. The number of hydrogen-bond acceptors (Lipinski definition) is 5. The first-order valence-corrected chi connectivity index (χ1v) is 15.9. The second kappa shape index (κ2) is 8.87. The highest BCUT2D eigenvalue weighted by Gasteiger charge is 2.55. The highest BCUT2D eigenvalue weighted by atomic mass is 28.4. The molecule has 36 heavy (non-hydrogen) atoms. The summed E-state index contributed by atoms with van der Waals surface area (Å²) >= 11 is 0. The maximum atomic E-state index is 6.95. The van der Waals surface area contributed by atoms with E-state index in [4.69, 9.17) is 22.3 Å². The Morgan fingerprint density at radius 1 is 0.667 bits per heavy atom. The van der Waals surface area contributed by atoms with Crippen LogP contribution in [0.25, 0.3) is 0 Å². The van der Waals surface area contributed by atoms with Crippen molar-refractivity contribution in [3.05, 3.63) is 17.2 Å². The molecular formula is C28H49BO5Si2. The summed E-state index contributed by atoms with van der Waals surface area (Å²) in [5.74, 6) is 1.59. The zero-order chi connectivity index (χ0) is 27.9. The summed E-state index contributed by atoms with van der Waals surface area (Å²) in [7, 11) is -3.90. The maximum absolute atomic E-state index is 6.95. The van der Waals surface area contributed by atoms with Crippen LogP contribution in [0.3, 0.4) is 0 Å². The highest BCUT2D eigenvalue weighted by Crippen LogP contribution is 2.48. The molecule has 1 saturated heterocycles. The summed E-state index contributed by atoms with van der Waals surface area (Å²) < 4.78 is 33.9. The Balaban J connectivity index is 2.40. The molecule has 2 heterocycles. The van der Waals surface area contributed by atoms with E-state index in [2.05, 4.69) is 117 Å². The van der Waals surface area contributed by atoms with E-state index >= 15 is 0 Å². The first-order chi connectivity index (χ1) is 15.9. The van der Waals surface area contributed by atoms with E-state index < -0.39 is 36.9 Å². The van der Waals surface area contributed by atoms with Gasteiger partial charge in [0.05, 0.1) is 11.2 Å². The molecule has 0 saturated carbocycles. The Hall–Kier alpha value is -0.801. The molecule has 1 fully saturated rings. The molecule has 8 heteroatoms. The van der Waals surface area contributed by atoms with E-state index in [-0.39, 0.29) is 20.9 Å². The van der Waals surface area contributed by atoms with Crippen molar-refractivity contribution in [1.29, 1.82) is 0 Å². The lowest BCUT2D eigenvalue weighted by atomic mass is 9.63. The van der Waals surface area contributed by atoms with Gasteiger partial charge in [0.1, 0.15) is 11.5 Å². The third-order valence-electron chi connectivity index (χ3n) is 7.14. The van der Waals surface area contributed by atoms with Gasteiger partial charge < -0.3 is 22.3 Å². The van der Waals surface area contributed by atoms with E-state index in [1.165, 1.54) is 0 Å². The molecule has 0 aliphatic carbocycles. The van der Waals surface area contributed by atoms with Gasteiger partial charge in [-0.15, -0.1) is 0 Å². The van der Waals surface area contributed by atoms with Crippen LogP contribution in [0, 0.1) is 0 Å². The fourth-order valence-corrected chi connectivity index (χ4v) is 9.14. The number of benzene rings is 1. The lowest BCUT2D eigenvalue weighted by Crippen LogP contribution is -2.46. The summed E-state index contributed by atoms with van der Waals surface area (Å²) in [5.41, 5.74) is 2.01. The number of fused-ring (bicyclic) bond motifs is 1. The van der Waals surface area contributed by atoms with Crippen LogP contribution in [-0.4, -0.2) is 36.9 Å². The average Bonchev–Trinajstić information content (AvgIpc) is 2.77. The van der Waals surface area contributed by atoms with Gasteiger partial charge >= 0.3 is 25.7 Å². The minimum atomic E-state index is -1.72. The Morgan fingerprint density at radius 2 is 1.11 bits per heavy atom. The molecule has 3 rings (SSSR count). The third-order valence-corrected chi connectivity index (χ3v) is 11.9. The summed E-state index contributed by atoms with van der Waals surface area (Å²) in [5, 5.41) is -0.260. The van der Waals surface area contributed by atoms with Gasteiger partial charge in [0.2, 0.25) is 0 Å². The van der Waals surface area contributed by atoms with E-state index in [9.17, 15) is 0 Å². The zero-order valence-corrected chi connectivity index (χ0v) is 27.7. The molecular weight excluding hydrogens is 483 g/mol. The minimum absolute atomic E-state index is 0.120. The molecule has 0 amide bonds. The maximum Gasteiger partial charge on any atom is 0.495 e. The molecule has 0 spiro atoms. The molecule has 2 aliphatic heterocycles. The van der Waals surface area contributed by atoms with Crippen molar-refractivity contribution in [2.45, 2.75) is 143 Å². The lowest BCUT2D eigenvalue weighted by molar-refractivity contribution is 0.00578. The Bertz CT molecular complexity index is 978. The fourth-order valence-electron chi connectivity index (χ4n) is 4.33. The molecule has 5 nitrogen and oxygen atoms in total. The minimum Gasteiger partial charge on any atom is -0.516 e. The third kappa shape index (κ3) is 5.63. The highest BCUT2D eigenvalue weighted by molar-refractivity contribution is 6.65. The smallest absolute Gasteiger partial charge is 0.495 e. The normalized spacial score (nSPS) is 21.6.